The number of hydrogen-bond donors (Lipinski definition) is 0. The zero-order valence-electron chi connectivity index (χ0n) is 80.4. The van der Waals surface area contributed by atoms with E-state index in [2.05, 4.69) is 359 Å². The van der Waals surface area contributed by atoms with Crippen LogP contribution in [0.2, 0.25) is 0 Å². The molecular formula is C132H83N15S3. The molecular weight excluding hydrogens is 1890 g/mol. The van der Waals surface area contributed by atoms with E-state index >= 15 is 0 Å². The number of benzene rings is 20. The van der Waals surface area contributed by atoms with E-state index in [1.54, 1.807) is 34.0 Å². The topological polar surface area (TPSA) is 169 Å². The van der Waals surface area contributed by atoms with E-state index in [-0.39, 0.29) is 0 Å². The third-order valence-electron chi connectivity index (χ3n) is 27.3. The van der Waals surface area contributed by atoms with E-state index in [1.165, 1.54) is 24.4 Å². The van der Waals surface area contributed by atoms with Crippen molar-refractivity contribution in [2.75, 3.05) is 0 Å². The van der Waals surface area contributed by atoms with Gasteiger partial charge in [-0.15, -0.1) is 34.0 Å². The molecule has 0 saturated heterocycles. The summed E-state index contributed by atoms with van der Waals surface area (Å²) >= 11 is 5.35. The maximum atomic E-state index is 5.22. The molecule has 0 aliphatic heterocycles. The Morgan fingerprint density at radius 1 is 0.147 bits per heavy atom. The van der Waals surface area contributed by atoms with E-state index < -0.39 is 0 Å². The number of imidazole rings is 3. The number of rotatable bonds is 17. The molecule has 704 valence electrons. The van der Waals surface area contributed by atoms with Crippen LogP contribution in [-0.2, 0) is 0 Å². The maximum absolute atomic E-state index is 5.22. The van der Waals surface area contributed by atoms with E-state index in [0.29, 0.717) is 52.4 Å². The molecule has 18 heteroatoms. The van der Waals surface area contributed by atoms with Crippen LogP contribution in [0.1, 0.15) is 0 Å². The molecule has 0 aliphatic rings. The highest BCUT2D eigenvalue weighted by Gasteiger charge is 2.28. The molecule has 0 saturated carbocycles. The molecule has 29 rings (SSSR count). The summed E-state index contributed by atoms with van der Waals surface area (Å²) in [5.41, 5.74) is 25.8. The minimum atomic E-state index is 0.635. The third-order valence-corrected chi connectivity index (χ3v) is 30.9. The highest BCUT2D eigenvalue weighted by Crippen LogP contribution is 2.50. The van der Waals surface area contributed by atoms with Crippen LogP contribution in [-0.4, -0.2) is 73.5 Å². The van der Waals surface area contributed by atoms with Gasteiger partial charge in [0.1, 0.15) is 17.5 Å². The van der Waals surface area contributed by atoms with Gasteiger partial charge < -0.3 is 0 Å². The minimum Gasteiger partial charge on any atom is -0.292 e. The predicted octanol–water partition coefficient (Wildman–Crippen LogP) is 34.1. The van der Waals surface area contributed by atoms with Gasteiger partial charge in [0.15, 0.2) is 52.4 Å². The Kier molecular flexibility index (Phi) is 23.2. The molecule has 15 nitrogen and oxygen atoms in total. The molecule has 0 N–H and O–H groups in total. The van der Waals surface area contributed by atoms with Gasteiger partial charge in [-0.3, -0.25) is 13.7 Å². The summed E-state index contributed by atoms with van der Waals surface area (Å²) in [7, 11) is 0. The molecule has 0 radical (unpaired) electrons. The van der Waals surface area contributed by atoms with Gasteiger partial charge in [0.25, 0.3) is 0 Å². The molecule has 29 aromatic rings. The Bertz CT molecular complexity index is 10100. The normalized spacial score (nSPS) is 11.5. The van der Waals surface area contributed by atoms with Gasteiger partial charge in [-0.05, 0) is 138 Å². The monoisotopic (exact) mass is 1970 g/mol. The molecule has 0 spiro atoms. The van der Waals surface area contributed by atoms with Gasteiger partial charge in [-0.2, -0.15) is 0 Å². The van der Waals surface area contributed by atoms with Crippen LogP contribution in [0.4, 0.5) is 0 Å². The number of para-hydroxylation sites is 9. The van der Waals surface area contributed by atoms with Crippen molar-refractivity contribution < 1.29 is 0 Å². The van der Waals surface area contributed by atoms with Gasteiger partial charge in [0.05, 0.1) is 33.1 Å². The zero-order chi connectivity index (χ0) is 99.3. The molecule has 0 aliphatic carbocycles. The van der Waals surface area contributed by atoms with E-state index in [1.807, 2.05) is 158 Å². The lowest BCUT2D eigenvalue weighted by Gasteiger charge is -2.11. The van der Waals surface area contributed by atoms with Crippen molar-refractivity contribution >= 4 is 128 Å². The van der Waals surface area contributed by atoms with Crippen molar-refractivity contribution in [3.63, 3.8) is 0 Å². The molecule has 9 heterocycles. The van der Waals surface area contributed by atoms with Crippen LogP contribution in [0.5, 0.6) is 0 Å². The van der Waals surface area contributed by atoms with Crippen LogP contribution in [0.3, 0.4) is 0 Å². The first-order valence-corrected chi connectivity index (χ1v) is 52.1. The lowest BCUT2D eigenvalue weighted by Crippen LogP contribution is -2.00. The van der Waals surface area contributed by atoms with Crippen LogP contribution >= 0.6 is 34.0 Å². The van der Waals surface area contributed by atoms with Crippen molar-refractivity contribution in [3.8, 4) is 176 Å². The number of hydrogen-bond acceptors (Lipinski definition) is 15. The van der Waals surface area contributed by atoms with Crippen LogP contribution in [0, 0.1) is 0 Å². The molecule has 0 bridgehead atoms. The van der Waals surface area contributed by atoms with Crippen LogP contribution < -0.4 is 0 Å². The maximum Gasteiger partial charge on any atom is 0.164 e. The first kappa shape index (κ1) is 89.4. The summed E-state index contributed by atoms with van der Waals surface area (Å²) in [4.78, 5) is 61.4. The van der Waals surface area contributed by atoms with Crippen molar-refractivity contribution in [3.05, 3.63) is 504 Å². The largest absolute Gasteiger partial charge is 0.292 e. The summed E-state index contributed by atoms with van der Waals surface area (Å²) in [6.07, 6.45) is 0. The van der Waals surface area contributed by atoms with Crippen molar-refractivity contribution in [1.82, 2.24) is 73.5 Å². The minimum absolute atomic E-state index is 0.635. The van der Waals surface area contributed by atoms with Gasteiger partial charge in [0, 0.05) is 144 Å². The van der Waals surface area contributed by atoms with E-state index in [9.17, 15) is 0 Å². The Labute approximate surface area is 873 Å². The first-order chi connectivity index (χ1) is 74.4. The fourth-order valence-electron chi connectivity index (χ4n) is 20.3. The number of nitrogens with zero attached hydrogens (tertiary/aromatic N) is 15. The van der Waals surface area contributed by atoms with Crippen LogP contribution in [0.15, 0.2) is 504 Å². The second-order valence-electron chi connectivity index (χ2n) is 36.4. The summed E-state index contributed by atoms with van der Waals surface area (Å²) in [6.45, 7) is 0. The molecule has 0 atom stereocenters. The van der Waals surface area contributed by atoms with Crippen LogP contribution in [0.25, 0.3) is 270 Å². The average Bonchev–Trinajstić information content (AvgIpc) is 1.58. The predicted molar refractivity (Wildman–Crippen MR) is 618 cm³/mol. The van der Waals surface area contributed by atoms with Gasteiger partial charge in [-0.1, -0.05) is 388 Å². The van der Waals surface area contributed by atoms with Gasteiger partial charge in [0.2, 0.25) is 0 Å². The summed E-state index contributed by atoms with van der Waals surface area (Å²) in [6, 6.07) is 173. The fraction of sp³-hybridized carbons (Fsp3) is 0. The molecule has 20 aromatic carbocycles. The summed E-state index contributed by atoms with van der Waals surface area (Å²) in [5.74, 6) is 8.54. The highest BCUT2D eigenvalue weighted by atomic mass is 32.1. The SMILES string of the molecule is c1ccc(-c2ccc(-c3nc(-c4ccccc4)nc(-c4cccc5sc6c(-c7nc8ccccc8n7-c7ccccc7)cccc6c45)n3)cc2)cc1.c1ccc(-c2cccc(-c3nc(-c4ccccc4)nc(-c4cccc5sc6c(-c7nc8ccccc8n7-c7ccccc7)cccc6c45)n3)c2)cc1.c1ccc(-c2nc(-c3ccccc3)nc(-c3cccc4sc5c(-c6nc7ccccc7n6-c6ccccc6)cccc5c34)n2)cc1. The summed E-state index contributed by atoms with van der Waals surface area (Å²) < 4.78 is 13.8. The Balaban J connectivity index is 0.000000111. The molecule has 0 unspecified atom stereocenters. The quantitative estimate of drug-likeness (QED) is 0.0847. The Morgan fingerprint density at radius 2 is 0.360 bits per heavy atom. The molecule has 150 heavy (non-hydrogen) atoms. The molecule has 0 fully saturated rings. The number of thiophene rings is 3. The fourth-order valence-corrected chi connectivity index (χ4v) is 24.0. The van der Waals surface area contributed by atoms with Crippen molar-refractivity contribution in [2.24, 2.45) is 0 Å². The second-order valence-corrected chi connectivity index (χ2v) is 39.6. The first-order valence-electron chi connectivity index (χ1n) is 49.6. The van der Waals surface area contributed by atoms with E-state index in [0.717, 1.165) is 193 Å². The smallest absolute Gasteiger partial charge is 0.164 e. The highest BCUT2D eigenvalue weighted by molar-refractivity contribution is 7.27. The van der Waals surface area contributed by atoms with Gasteiger partial charge in [-0.25, -0.2) is 59.8 Å². The Hall–Kier alpha value is -19.5. The zero-order valence-corrected chi connectivity index (χ0v) is 82.8. The number of aromatic nitrogens is 15. The van der Waals surface area contributed by atoms with E-state index in [4.69, 9.17) is 59.8 Å². The van der Waals surface area contributed by atoms with Crippen molar-refractivity contribution in [2.45, 2.75) is 0 Å². The lowest BCUT2D eigenvalue weighted by atomic mass is 10.0. The molecule has 9 aromatic heterocycles. The summed E-state index contributed by atoms with van der Waals surface area (Å²) in [5, 5.41) is 6.84. The van der Waals surface area contributed by atoms with Crippen molar-refractivity contribution in [1.29, 1.82) is 0 Å². The van der Waals surface area contributed by atoms with Gasteiger partial charge >= 0.3 is 0 Å². The second kappa shape index (κ2) is 38.9. The number of fused-ring (bicyclic) bond motifs is 12. The third kappa shape index (κ3) is 16.7. The standard InChI is InChI=1S/2C46H29N5S.C40H25N5S/c1-4-15-30(16-5-1)32-19-12-20-33(29-32)44-48-43(31-17-6-2-7-18-31)49-45(50-44)36-24-14-28-40-41(36)35-23-13-25-37(42(35)52-40)46-47-38-26-10-11-27-39(38)51(46)34-21-8-3-9-22-34;1-4-14-30(15-5-1)31-26-28-33(29-27-31)44-48-43(32-16-6-2-7-17-32)49-45(50-44)36-21-13-25-40-41(36)35-20-12-22-37(42(35)52-40)46-47-38-23-10-11-24-39(38)51(46)34-18-8-3-9-19-34;1-4-14-26(15-5-1)37-42-38(27-16-6-2-7-17-27)44-39(43-37)30-21-13-25-34-35(30)29-20-12-22-31(36(29)46-34)40-41-32-23-10-11-24-33(32)45(40)28-18-8-3-9-19-28/h2*1-29H;1-25H. The average molecular weight is 1980 g/mol. The Morgan fingerprint density at radius 3 is 0.673 bits per heavy atom. The molecule has 0 amide bonds. The lowest BCUT2D eigenvalue weighted by molar-refractivity contribution is 1.08.